The molecule has 0 atom stereocenters. The van der Waals surface area contributed by atoms with Gasteiger partial charge >= 0.3 is 5.97 Å². The van der Waals surface area contributed by atoms with Crippen LogP contribution in [0.4, 0.5) is 0 Å². The summed E-state index contributed by atoms with van der Waals surface area (Å²) < 4.78 is 5.08. The molecule has 0 aromatic carbocycles. The first kappa shape index (κ1) is 15.0. The van der Waals surface area contributed by atoms with E-state index in [0.717, 1.165) is 0 Å². The lowest BCUT2D eigenvalue weighted by molar-refractivity contribution is -0.137. The highest BCUT2D eigenvalue weighted by Crippen LogP contribution is 2.21. The number of amides is 1. The van der Waals surface area contributed by atoms with Crippen LogP contribution in [0.2, 0.25) is 0 Å². The standard InChI is InChI=1S/C14H17N3O4/c1-8-7-10(12-9(2)17-21-14(12)16-8)13(20)15-6-4-3-5-11(18)19/h7H,3-6H2,1-2H3,(H,15,20)(H,18,19). The lowest BCUT2D eigenvalue weighted by Gasteiger charge is -2.06. The van der Waals surface area contributed by atoms with Crippen molar-refractivity contribution >= 4 is 23.0 Å². The lowest BCUT2D eigenvalue weighted by Crippen LogP contribution is -2.25. The fraction of sp³-hybridized carbons (Fsp3) is 0.429. The van der Waals surface area contributed by atoms with E-state index in [9.17, 15) is 9.59 Å². The van der Waals surface area contributed by atoms with Crippen LogP contribution in [0.25, 0.3) is 11.1 Å². The molecule has 0 spiro atoms. The number of unbranched alkanes of at least 4 members (excludes halogenated alkanes) is 1. The number of nitrogens with zero attached hydrogens (tertiary/aromatic N) is 2. The second kappa shape index (κ2) is 6.34. The van der Waals surface area contributed by atoms with E-state index in [-0.39, 0.29) is 12.3 Å². The molecule has 0 aliphatic rings. The number of carboxylic acid groups (broad SMARTS) is 1. The van der Waals surface area contributed by atoms with E-state index in [1.54, 1.807) is 19.9 Å². The topological polar surface area (TPSA) is 105 Å². The molecule has 112 valence electrons. The first-order valence-electron chi connectivity index (χ1n) is 6.72. The highest BCUT2D eigenvalue weighted by Gasteiger charge is 2.17. The molecule has 2 rings (SSSR count). The van der Waals surface area contributed by atoms with Crippen molar-refractivity contribution in [1.29, 1.82) is 0 Å². The summed E-state index contributed by atoms with van der Waals surface area (Å²) in [6.07, 6.45) is 1.26. The number of rotatable bonds is 6. The van der Waals surface area contributed by atoms with Crippen LogP contribution >= 0.6 is 0 Å². The molecule has 0 saturated carbocycles. The number of pyridine rings is 1. The second-order valence-corrected chi connectivity index (χ2v) is 4.87. The molecule has 1 amide bonds. The highest BCUT2D eigenvalue weighted by atomic mass is 16.5. The van der Waals surface area contributed by atoms with Gasteiger partial charge in [0.05, 0.1) is 16.6 Å². The van der Waals surface area contributed by atoms with Gasteiger partial charge in [0.25, 0.3) is 11.6 Å². The van der Waals surface area contributed by atoms with Gasteiger partial charge in [-0.05, 0) is 32.8 Å². The van der Waals surface area contributed by atoms with E-state index in [1.165, 1.54) is 0 Å². The molecule has 2 N–H and O–H groups in total. The van der Waals surface area contributed by atoms with E-state index in [1.807, 2.05) is 0 Å². The number of carbonyl (C=O) groups is 2. The Kier molecular flexibility index (Phi) is 4.52. The van der Waals surface area contributed by atoms with Crippen molar-refractivity contribution in [3.8, 4) is 0 Å². The molecule has 0 fully saturated rings. The Morgan fingerprint density at radius 2 is 2.10 bits per heavy atom. The van der Waals surface area contributed by atoms with Gasteiger partial charge in [-0.25, -0.2) is 4.98 Å². The zero-order valence-corrected chi connectivity index (χ0v) is 12.0. The van der Waals surface area contributed by atoms with Crippen molar-refractivity contribution in [3.05, 3.63) is 23.0 Å². The zero-order chi connectivity index (χ0) is 15.4. The smallest absolute Gasteiger partial charge is 0.303 e. The third-order valence-corrected chi connectivity index (χ3v) is 3.09. The second-order valence-electron chi connectivity index (χ2n) is 4.87. The van der Waals surface area contributed by atoms with Gasteiger partial charge in [-0.2, -0.15) is 0 Å². The summed E-state index contributed by atoms with van der Waals surface area (Å²) in [6.45, 7) is 3.97. The van der Waals surface area contributed by atoms with E-state index in [0.29, 0.717) is 47.4 Å². The molecule has 0 radical (unpaired) electrons. The molecule has 7 heteroatoms. The number of fused-ring (bicyclic) bond motifs is 1. The molecule has 2 heterocycles. The van der Waals surface area contributed by atoms with Gasteiger partial charge in [0.1, 0.15) is 0 Å². The number of aliphatic carboxylic acids is 1. The average Bonchev–Trinajstić information content (AvgIpc) is 2.78. The quantitative estimate of drug-likeness (QED) is 0.786. The average molecular weight is 291 g/mol. The first-order valence-corrected chi connectivity index (χ1v) is 6.72. The van der Waals surface area contributed by atoms with Crippen LogP contribution in [-0.4, -0.2) is 33.7 Å². The predicted molar refractivity (Wildman–Crippen MR) is 75.1 cm³/mol. The largest absolute Gasteiger partial charge is 0.481 e. The summed E-state index contributed by atoms with van der Waals surface area (Å²) in [5.74, 6) is -1.06. The Hall–Kier alpha value is -2.44. The van der Waals surface area contributed by atoms with Gasteiger partial charge in [-0.3, -0.25) is 9.59 Å². The van der Waals surface area contributed by atoms with Crippen molar-refractivity contribution in [1.82, 2.24) is 15.5 Å². The monoisotopic (exact) mass is 291 g/mol. The molecule has 0 unspecified atom stereocenters. The van der Waals surface area contributed by atoms with E-state index >= 15 is 0 Å². The zero-order valence-electron chi connectivity index (χ0n) is 12.0. The number of nitrogens with one attached hydrogen (secondary N) is 1. The minimum absolute atomic E-state index is 0.110. The number of carboxylic acids is 1. The summed E-state index contributed by atoms with van der Waals surface area (Å²) in [6, 6.07) is 1.69. The summed E-state index contributed by atoms with van der Waals surface area (Å²) in [4.78, 5) is 26.8. The third kappa shape index (κ3) is 3.56. The fourth-order valence-electron chi connectivity index (χ4n) is 2.10. The SMILES string of the molecule is Cc1cc(C(=O)NCCCCC(=O)O)c2c(C)noc2n1. The van der Waals surface area contributed by atoms with Crippen LogP contribution in [-0.2, 0) is 4.79 Å². The van der Waals surface area contributed by atoms with Crippen LogP contribution < -0.4 is 5.32 Å². The van der Waals surface area contributed by atoms with Crippen molar-refractivity contribution in [3.63, 3.8) is 0 Å². The molecule has 7 nitrogen and oxygen atoms in total. The molecule has 0 bridgehead atoms. The Morgan fingerprint density at radius 1 is 1.33 bits per heavy atom. The summed E-state index contributed by atoms with van der Waals surface area (Å²) in [5, 5.41) is 15.8. The molecule has 2 aromatic heterocycles. The number of hydrogen-bond acceptors (Lipinski definition) is 5. The van der Waals surface area contributed by atoms with Crippen molar-refractivity contribution < 1.29 is 19.2 Å². The Morgan fingerprint density at radius 3 is 2.81 bits per heavy atom. The van der Waals surface area contributed by atoms with Gasteiger partial charge < -0.3 is 14.9 Å². The minimum atomic E-state index is -0.826. The van der Waals surface area contributed by atoms with Crippen LogP contribution in [0.3, 0.4) is 0 Å². The Balaban J connectivity index is 2.05. The highest BCUT2D eigenvalue weighted by molar-refractivity contribution is 6.06. The van der Waals surface area contributed by atoms with Crippen LogP contribution in [0.5, 0.6) is 0 Å². The van der Waals surface area contributed by atoms with Crippen LogP contribution in [0, 0.1) is 13.8 Å². The summed E-state index contributed by atoms with van der Waals surface area (Å²) >= 11 is 0. The van der Waals surface area contributed by atoms with Gasteiger partial charge in [0.2, 0.25) is 0 Å². The van der Waals surface area contributed by atoms with E-state index in [2.05, 4.69) is 15.5 Å². The molecular formula is C14H17N3O4. The molecule has 0 saturated heterocycles. The fourth-order valence-corrected chi connectivity index (χ4v) is 2.10. The van der Waals surface area contributed by atoms with E-state index < -0.39 is 5.97 Å². The molecular weight excluding hydrogens is 274 g/mol. The minimum Gasteiger partial charge on any atom is -0.481 e. The maximum absolute atomic E-state index is 12.2. The van der Waals surface area contributed by atoms with Crippen LogP contribution in [0.1, 0.15) is 41.0 Å². The van der Waals surface area contributed by atoms with Gasteiger partial charge in [0, 0.05) is 18.7 Å². The van der Waals surface area contributed by atoms with Crippen LogP contribution in [0.15, 0.2) is 10.6 Å². The Labute approximate surface area is 121 Å². The molecule has 0 aliphatic carbocycles. The van der Waals surface area contributed by atoms with E-state index in [4.69, 9.17) is 9.63 Å². The van der Waals surface area contributed by atoms with Gasteiger partial charge in [0.15, 0.2) is 0 Å². The molecule has 21 heavy (non-hydrogen) atoms. The number of aryl methyl sites for hydroxylation is 2. The third-order valence-electron chi connectivity index (χ3n) is 3.09. The number of hydrogen-bond donors (Lipinski definition) is 2. The molecule has 0 aliphatic heterocycles. The maximum Gasteiger partial charge on any atom is 0.303 e. The van der Waals surface area contributed by atoms with Crippen molar-refractivity contribution in [2.75, 3.05) is 6.54 Å². The van der Waals surface area contributed by atoms with Crippen molar-refractivity contribution in [2.45, 2.75) is 33.1 Å². The van der Waals surface area contributed by atoms with Gasteiger partial charge in [-0.1, -0.05) is 5.16 Å². The lowest BCUT2D eigenvalue weighted by atomic mass is 10.1. The Bertz CT molecular complexity index is 678. The number of aromatic nitrogens is 2. The van der Waals surface area contributed by atoms with Gasteiger partial charge in [-0.15, -0.1) is 0 Å². The molecule has 2 aromatic rings. The first-order chi connectivity index (χ1) is 9.99. The normalized spacial score (nSPS) is 10.8. The summed E-state index contributed by atoms with van der Waals surface area (Å²) in [7, 11) is 0. The predicted octanol–water partition coefficient (Wildman–Crippen LogP) is 1.82. The van der Waals surface area contributed by atoms with Crippen molar-refractivity contribution in [2.24, 2.45) is 0 Å². The maximum atomic E-state index is 12.2. The number of carbonyl (C=O) groups excluding carboxylic acids is 1. The summed E-state index contributed by atoms with van der Waals surface area (Å²) in [5.41, 5.74) is 2.13.